The molecule has 0 saturated carbocycles. The summed E-state index contributed by atoms with van der Waals surface area (Å²) in [6.07, 6.45) is 1.68. The second-order valence-electron chi connectivity index (χ2n) is 4.74. The van der Waals surface area contributed by atoms with Crippen molar-refractivity contribution < 1.29 is 18.1 Å². The maximum atomic E-state index is 11.1. The molecule has 0 bridgehead atoms. The predicted octanol–water partition coefficient (Wildman–Crippen LogP) is 3.97. The van der Waals surface area contributed by atoms with E-state index in [2.05, 4.69) is 15.2 Å². The molecule has 0 aliphatic carbocycles. The van der Waals surface area contributed by atoms with Gasteiger partial charge in [0.2, 0.25) is 5.13 Å². The molecule has 0 spiro atoms. The lowest BCUT2D eigenvalue weighted by atomic mass is 10.1. The van der Waals surface area contributed by atoms with E-state index in [0.717, 1.165) is 4.88 Å². The molecule has 0 aliphatic rings. The number of hydrogen-bond acceptors (Lipinski definition) is 7. The molecule has 0 aliphatic heterocycles. The van der Waals surface area contributed by atoms with Gasteiger partial charge in [0.1, 0.15) is 5.69 Å². The second kappa shape index (κ2) is 5.69. The topological polar surface area (TPSA) is 112 Å². The quantitative estimate of drug-likeness (QED) is 0.549. The minimum Gasteiger partial charge on any atom is -0.505 e. The van der Waals surface area contributed by atoms with Crippen molar-refractivity contribution in [1.82, 2.24) is 4.98 Å². The normalized spacial score (nSPS) is 12.3. The third kappa shape index (κ3) is 3.21. The number of aromatic nitrogens is 1. The van der Waals surface area contributed by atoms with Gasteiger partial charge in [-0.05, 0) is 36.6 Å². The molecule has 0 unspecified atom stereocenters. The van der Waals surface area contributed by atoms with E-state index in [1.807, 2.05) is 6.92 Å². The summed E-state index contributed by atoms with van der Waals surface area (Å²) in [5.74, 6) is -0.124. The molecule has 0 fully saturated rings. The van der Waals surface area contributed by atoms with Crippen LogP contribution in [0.25, 0.3) is 10.8 Å². The lowest BCUT2D eigenvalue weighted by Crippen LogP contribution is -1.97. The number of nitrogens with zero attached hydrogens (tertiary/aromatic N) is 3. The van der Waals surface area contributed by atoms with Gasteiger partial charge in [-0.15, -0.1) is 10.2 Å². The number of hydrogen-bond donors (Lipinski definition) is 2. The molecule has 3 rings (SSSR count). The monoisotopic (exact) mass is 349 g/mol. The van der Waals surface area contributed by atoms with Crippen LogP contribution in [0.1, 0.15) is 4.88 Å². The first kappa shape index (κ1) is 15.5. The highest BCUT2D eigenvalue weighted by Gasteiger charge is 2.12. The van der Waals surface area contributed by atoms with Crippen LogP contribution in [-0.4, -0.2) is 23.1 Å². The number of thiazole rings is 1. The van der Waals surface area contributed by atoms with Crippen molar-refractivity contribution >= 4 is 43.0 Å². The van der Waals surface area contributed by atoms with Gasteiger partial charge in [0.05, 0.1) is 4.90 Å². The number of fused-ring (bicyclic) bond motifs is 1. The van der Waals surface area contributed by atoms with E-state index in [-0.39, 0.29) is 16.3 Å². The van der Waals surface area contributed by atoms with Crippen molar-refractivity contribution in [3.05, 3.63) is 41.4 Å². The van der Waals surface area contributed by atoms with E-state index in [0.29, 0.717) is 15.9 Å². The molecule has 1 aromatic heterocycles. The van der Waals surface area contributed by atoms with Crippen LogP contribution in [0, 0.1) is 6.92 Å². The van der Waals surface area contributed by atoms with Gasteiger partial charge in [-0.2, -0.15) is 8.42 Å². The summed E-state index contributed by atoms with van der Waals surface area (Å²) in [6, 6.07) is 6.99. The molecule has 1 heterocycles. The molecule has 0 atom stereocenters. The molecule has 0 amide bonds. The van der Waals surface area contributed by atoms with Crippen LogP contribution >= 0.6 is 11.3 Å². The van der Waals surface area contributed by atoms with Crippen molar-refractivity contribution in [2.24, 2.45) is 10.2 Å². The zero-order chi connectivity index (χ0) is 16.6. The Labute approximate surface area is 135 Å². The number of phenols is 1. The molecule has 2 N–H and O–H groups in total. The van der Waals surface area contributed by atoms with Crippen molar-refractivity contribution in [1.29, 1.82) is 0 Å². The molecule has 9 heteroatoms. The van der Waals surface area contributed by atoms with Gasteiger partial charge in [-0.3, -0.25) is 4.55 Å². The van der Waals surface area contributed by atoms with Crippen LogP contribution in [0.5, 0.6) is 5.75 Å². The van der Waals surface area contributed by atoms with E-state index in [4.69, 9.17) is 4.55 Å². The van der Waals surface area contributed by atoms with Gasteiger partial charge >= 0.3 is 0 Å². The first-order chi connectivity index (χ1) is 10.8. The molecule has 3 aromatic rings. The second-order valence-corrected chi connectivity index (χ2v) is 7.38. The van der Waals surface area contributed by atoms with Crippen molar-refractivity contribution in [3.8, 4) is 5.75 Å². The van der Waals surface area contributed by atoms with Gasteiger partial charge in [-0.1, -0.05) is 17.4 Å². The van der Waals surface area contributed by atoms with Gasteiger partial charge in [-0.25, -0.2) is 4.98 Å². The van der Waals surface area contributed by atoms with Crippen LogP contribution in [0.2, 0.25) is 0 Å². The Bertz CT molecular complexity index is 1030. The summed E-state index contributed by atoms with van der Waals surface area (Å²) in [5.41, 5.74) is 0.241. The summed E-state index contributed by atoms with van der Waals surface area (Å²) < 4.78 is 31.3. The molecule has 118 valence electrons. The van der Waals surface area contributed by atoms with Crippen molar-refractivity contribution in [3.63, 3.8) is 0 Å². The maximum Gasteiger partial charge on any atom is 0.294 e. The van der Waals surface area contributed by atoms with Crippen LogP contribution in [0.4, 0.5) is 10.8 Å². The highest BCUT2D eigenvalue weighted by atomic mass is 32.2. The lowest BCUT2D eigenvalue weighted by molar-refractivity contribution is 0.480. The molecule has 2 aromatic carbocycles. The SMILES string of the molecule is Cc1cnc(N=Nc2ccc3cc(S(=O)(=O)O)ccc3c2O)s1. The van der Waals surface area contributed by atoms with Crippen molar-refractivity contribution in [2.45, 2.75) is 11.8 Å². The average Bonchev–Trinajstić information content (AvgIpc) is 2.91. The van der Waals surface area contributed by atoms with Crippen LogP contribution in [0.3, 0.4) is 0 Å². The number of azo groups is 1. The highest BCUT2D eigenvalue weighted by Crippen LogP contribution is 2.36. The Balaban J connectivity index is 2.04. The number of aromatic hydroxyl groups is 1. The maximum absolute atomic E-state index is 11.1. The van der Waals surface area contributed by atoms with Gasteiger partial charge < -0.3 is 5.11 Å². The number of aryl methyl sites for hydroxylation is 1. The molecule has 23 heavy (non-hydrogen) atoms. The molecular formula is C14H11N3O4S2. The summed E-state index contributed by atoms with van der Waals surface area (Å²) in [5, 5.41) is 19.5. The Kier molecular flexibility index (Phi) is 3.84. The van der Waals surface area contributed by atoms with Crippen LogP contribution in [0.15, 0.2) is 51.7 Å². The Hall–Kier alpha value is -2.36. The zero-order valence-corrected chi connectivity index (χ0v) is 13.5. The van der Waals surface area contributed by atoms with E-state index >= 15 is 0 Å². The van der Waals surface area contributed by atoms with Crippen molar-refractivity contribution in [2.75, 3.05) is 0 Å². The molecule has 7 nitrogen and oxygen atoms in total. The Morgan fingerprint density at radius 3 is 2.61 bits per heavy atom. The first-order valence-electron chi connectivity index (χ1n) is 6.42. The van der Waals surface area contributed by atoms with Gasteiger partial charge in [0.15, 0.2) is 5.75 Å². The highest BCUT2D eigenvalue weighted by molar-refractivity contribution is 7.85. The third-order valence-corrected chi connectivity index (χ3v) is 4.74. The van der Waals surface area contributed by atoms with Crippen LogP contribution in [-0.2, 0) is 10.1 Å². The first-order valence-corrected chi connectivity index (χ1v) is 8.67. The van der Waals surface area contributed by atoms with E-state index < -0.39 is 10.1 Å². The average molecular weight is 349 g/mol. The minimum atomic E-state index is -4.29. The number of phenolic OH excluding ortho intramolecular Hbond substituents is 1. The van der Waals surface area contributed by atoms with Gasteiger partial charge in [0.25, 0.3) is 10.1 Å². The smallest absolute Gasteiger partial charge is 0.294 e. The lowest BCUT2D eigenvalue weighted by Gasteiger charge is -2.05. The fourth-order valence-electron chi connectivity index (χ4n) is 2.01. The molecule has 0 radical (unpaired) electrons. The largest absolute Gasteiger partial charge is 0.505 e. The number of benzene rings is 2. The minimum absolute atomic E-state index is 0.124. The summed E-state index contributed by atoms with van der Waals surface area (Å²) in [7, 11) is -4.29. The van der Waals surface area contributed by atoms with Gasteiger partial charge in [0, 0.05) is 16.5 Å². The van der Waals surface area contributed by atoms with E-state index in [9.17, 15) is 13.5 Å². The standard InChI is InChI=1S/C14H11N3O4S2/c1-8-7-15-14(22-8)17-16-12-5-2-9-6-10(23(19,20)21)3-4-11(9)13(12)18/h2-7,18H,1H3,(H,19,20,21). The molecule has 0 saturated heterocycles. The van der Waals surface area contributed by atoms with Crippen LogP contribution < -0.4 is 0 Å². The van der Waals surface area contributed by atoms with E-state index in [1.54, 1.807) is 12.3 Å². The zero-order valence-electron chi connectivity index (χ0n) is 11.8. The van der Waals surface area contributed by atoms with E-state index in [1.165, 1.54) is 35.6 Å². The Morgan fingerprint density at radius 1 is 1.17 bits per heavy atom. The fourth-order valence-corrected chi connectivity index (χ4v) is 3.10. The fraction of sp³-hybridized carbons (Fsp3) is 0.0714. The summed E-state index contributed by atoms with van der Waals surface area (Å²) in [6.45, 7) is 1.90. The summed E-state index contributed by atoms with van der Waals surface area (Å²) >= 11 is 1.37. The number of rotatable bonds is 3. The third-order valence-electron chi connectivity index (χ3n) is 3.09. The summed E-state index contributed by atoms with van der Waals surface area (Å²) in [4.78, 5) is 4.80. The molecular weight excluding hydrogens is 338 g/mol. The predicted molar refractivity (Wildman–Crippen MR) is 86.5 cm³/mol. The Morgan fingerprint density at radius 2 is 1.96 bits per heavy atom.